The van der Waals surface area contributed by atoms with Crippen molar-refractivity contribution >= 4 is 11.3 Å². The zero-order valence-corrected chi connectivity index (χ0v) is 13.5. The minimum absolute atomic E-state index is 0.177. The van der Waals surface area contributed by atoms with Gasteiger partial charge < -0.3 is 10.2 Å². The number of aromatic nitrogens is 1. The van der Waals surface area contributed by atoms with E-state index in [1.807, 2.05) is 0 Å². The van der Waals surface area contributed by atoms with Crippen molar-refractivity contribution in [1.29, 1.82) is 0 Å². The average molecular weight is 281 g/mol. The van der Waals surface area contributed by atoms with E-state index in [0.717, 1.165) is 19.0 Å². The van der Waals surface area contributed by atoms with Crippen molar-refractivity contribution in [3.05, 3.63) is 16.1 Å². The standard InChI is InChI=1S/C15H27N3S/c1-15(2,3)14-17-13(11-19-14)10-16-9-12-5-7-18(4)8-6-12/h11-12,16H,5-10H2,1-4H3. The first-order chi connectivity index (χ1) is 8.95. The summed E-state index contributed by atoms with van der Waals surface area (Å²) in [5.74, 6) is 0.844. The predicted molar refractivity (Wildman–Crippen MR) is 82.7 cm³/mol. The molecule has 0 unspecified atom stereocenters. The molecule has 0 aromatic carbocycles. The SMILES string of the molecule is CN1CCC(CNCc2csc(C(C)(C)C)n2)CC1. The van der Waals surface area contributed by atoms with Gasteiger partial charge in [0.15, 0.2) is 0 Å². The van der Waals surface area contributed by atoms with E-state index in [4.69, 9.17) is 4.98 Å². The van der Waals surface area contributed by atoms with Crippen LogP contribution in [0.5, 0.6) is 0 Å². The molecule has 2 heterocycles. The summed E-state index contributed by atoms with van der Waals surface area (Å²) in [6, 6.07) is 0. The minimum atomic E-state index is 0.177. The highest BCUT2D eigenvalue weighted by Crippen LogP contribution is 2.25. The summed E-state index contributed by atoms with van der Waals surface area (Å²) in [5, 5.41) is 7.01. The Morgan fingerprint density at radius 1 is 1.37 bits per heavy atom. The monoisotopic (exact) mass is 281 g/mol. The third kappa shape index (κ3) is 4.55. The molecule has 1 aromatic rings. The van der Waals surface area contributed by atoms with Gasteiger partial charge >= 0.3 is 0 Å². The molecule has 19 heavy (non-hydrogen) atoms. The lowest BCUT2D eigenvalue weighted by Crippen LogP contribution is -2.34. The Kier molecular flexibility index (Phi) is 4.98. The highest BCUT2D eigenvalue weighted by atomic mass is 32.1. The number of hydrogen-bond donors (Lipinski definition) is 1. The molecule has 0 amide bonds. The van der Waals surface area contributed by atoms with Crippen molar-refractivity contribution < 1.29 is 0 Å². The lowest BCUT2D eigenvalue weighted by atomic mass is 9.97. The lowest BCUT2D eigenvalue weighted by Gasteiger charge is -2.28. The third-order valence-corrected chi connectivity index (χ3v) is 5.09. The van der Waals surface area contributed by atoms with Crippen molar-refractivity contribution in [1.82, 2.24) is 15.2 Å². The molecule has 1 aliphatic heterocycles. The average Bonchev–Trinajstić information content (AvgIpc) is 2.80. The van der Waals surface area contributed by atoms with Crippen LogP contribution in [0.15, 0.2) is 5.38 Å². The van der Waals surface area contributed by atoms with Crippen LogP contribution in [0.3, 0.4) is 0 Å². The van der Waals surface area contributed by atoms with Gasteiger partial charge in [-0.1, -0.05) is 20.8 Å². The van der Waals surface area contributed by atoms with E-state index in [2.05, 4.69) is 43.4 Å². The molecular weight excluding hydrogens is 254 g/mol. The van der Waals surface area contributed by atoms with E-state index in [1.54, 1.807) is 11.3 Å². The molecule has 2 rings (SSSR count). The summed E-state index contributed by atoms with van der Waals surface area (Å²) in [5.41, 5.74) is 1.37. The zero-order chi connectivity index (χ0) is 13.9. The van der Waals surface area contributed by atoms with Crippen molar-refractivity contribution in [3.63, 3.8) is 0 Å². The van der Waals surface area contributed by atoms with Crippen LogP contribution in [0.25, 0.3) is 0 Å². The highest BCUT2D eigenvalue weighted by molar-refractivity contribution is 7.09. The molecule has 0 aliphatic carbocycles. The number of thiazole rings is 1. The fourth-order valence-electron chi connectivity index (χ4n) is 2.40. The maximum atomic E-state index is 4.72. The van der Waals surface area contributed by atoms with Gasteiger partial charge in [-0.05, 0) is 45.4 Å². The summed E-state index contributed by atoms with van der Waals surface area (Å²) in [7, 11) is 2.22. The molecular formula is C15H27N3S. The molecule has 1 aromatic heterocycles. The number of hydrogen-bond acceptors (Lipinski definition) is 4. The zero-order valence-electron chi connectivity index (χ0n) is 12.7. The third-order valence-electron chi connectivity index (χ3n) is 3.77. The molecule has 108 valence electrons. The smallest absolute Gasteiger partial charge is 0.0982 e. The van der Waals surface area contributed by atoms with E-state index in [1.165, 1.54) is 36.6 Å². The van der Waals surface area contributed by atoms with Gasteiger partial charge in [0, 0.05) is 17.3 Å². The highest BCUT2D eigenvalue weighted by Gasteiger charge is 2.18. The van der Waals surface area contributed by atoms with Gasteiger partial charge in [0.25, 0.3) is 0 Å². The molecule has 0 atom stereocenters. The van der Waals surface area contributed by atoms with Crippen LogP contribution >= 0.6 is 11.3 Å². The van der Waals surface area contributed by atoms with E-state index < -0.39 is 0 Å². The molecule has 1 saturated heterocycles. The fraction of sp³-hybridized carbons (Fsp3) is 0.800. The van der Waals surface area contributed by atoms with Gasteiger partial charge in [-0.3, -0.25) is 0 Å². The number of piperidine rings is 1. The van der Waals surface area contributed by atoms with Crippen LogP contribution in [0, 0.1) is 5.92 Å². The van der Waals surface area contributed by atoms with Gasteiger partial charge in [-0.15, -0.1) is 11.3 Å². The summed E-state index contributed by atoms with van der Waals surface area (Å²) in [6.45, 7) is 11.2. The van der Waals surface area contributed by atoms with Gasteiger partial charge in [0.2, 0.25) is 0 Å². The second-order valence-electron chi connectivity index (χ2n) is 6.77. The maximum Gasteiger partial charge on any atom is 0.0982 e. The van der Waals surface area contributed by atoms with Crippen molar-refractivity contribution in [2.45, 2.75) is 45.6 Å². The van der Waals surface area contributed by atoms with Crippen LogP contribution in [0.4, 0.5) is 0 Å². The molecule has 0 bridgehead atoms. The van der Waals surface area contributed by atoms with Gasteiger partial charge in [0.1, 0.15) is 0 Å². The fourth-order valence-corrected chi connectivity index (χ4v) is 3.31. The molecule has 3 nitrogen and oxygen atoms in total. The van der Waals surface area contributed by atoms with E-state index in [9.17, 15) is 0 Å². The maximum absolute atomic E-state index is 4.72. The van der Waals surface area contributed by atoms with Crippen LogP contribution < -0.4 is 5.32 Å². The van der Waals surface area contributed by atoms with Gasteiger partial charge in [-0.2, -0.15) is 0 Å². The van der Waals surface area contributed by atoms with Crippen LogP contribution in [0.2, 0.25) is 0 Å². The molecule has 4 heteroatoms. The first-order valence-electron chi connectivity index (χ1n) is 7.29. The predicted octanol–water partition coefficient (Wildman–Crippen LogP) is 2.87. The normalized spacial score (nSPS) is 18.9. The van der Waals surface area contributed by atoms with Gasteiger partial charge in [-0.25, -0.2) is 4.98 Å². The summed E-state index contributed by atoms with van der Waals surface area (Å²) in [6.07, 6.45) is 2.65. The van der Waals surface area contributed by atoms with E-state index in [0.29, 0.717) is 0 Å². The molecule has 1 N–H and O–H groups in total. The minimum Gasteiger partial charge on any atom is -0.311 e. The van der Waals surface area contributed by atoms with Crippen molar-refractivity contribution in [3.8, 4) is 0 Å². The second kappa shape index (κ2) is 6.33. The number of nitrogens with zero attached hydrogens (tertiary/aromatic N) is 2. The van der Waals surface area contributed by atoms with Crippen molar-refractivity contribution in [2.75, 3.05) is 26.7 Å². The summed E-state index contributed by atoms with van der Waals surface area (Å²) >= 11 is 1.79. The quantitative estimate of drug-likeness (QED) is 0.920. The van der Waals surface area contributed by atoms with Crippen molar-refractivity contribution in [2.24, 2.45) is 5.92 Å². The Hall–Kier alpha value is -0.450. The number of nitrogens with one attached hydrogen (secondary N) is 1. The Labute approximate surface area is 121 Å². The summed E-state index contributed by atoms with van der Waals surface area (Å²) < 4.78 is 0. The lowest BCUT2D eigenvalue weighted by molar-refractivity contribution is 0.216. The molecule has 0 saturated carbocycles. The first kappa shape index (κ1) is 14.9. The largest absolute Gasteiger partial charge is 0.311 e. The Balaban J connectivity index is 1.72. The van der Waals surface area contributed by atoms with E-state index >= 15 is 0 Å². The number of rotatable bonds is 4. The van der Waals surface area contributed by atoms with Crippen LogP contribution in [-0.2, 0) is 12.0 Å². The van der Waals surface area contributed by atoms with Gasteiger partial charge in [0.05, 0.1) is 10.7 Å². The second-order valence-corrected chi connectivity index (χ2v) is 7.63. The Bertz CT molecular complexity index is 386. The molecule has 1 fully saturated rings. The Morgan fingerprint density at radius 2 is 2.05 bits per heavy atom. The van der Waals surface area contributed by atoms with Crippen LogP contribution in [0.1, 0.15) is 44.3 Å². The van der Waals surface area contributed by atoms with Crippen LogP contribution in [-0.4, -0.2) is 36.6 Å². The molecule has 0 radical (unpaired) electrons. The topological polar surface area (TPSA) is 28.2 Å². The Morgan fingerprint density at radius 3 is 2.63 bits per heavy atom. The van der Waals surface area contributed by atoms with E-state index in [-0.39, 0.29) is 5.41 Å². The summed E-state index contributed by atoms with van der Waals surface area (Å²) in [4.78, 5) is 7.15. The molecule has 0 spiro atoms. The molecule has 1 aliphatic rings. The number of likely N-dealkylation sites (tertiary alicyclic amines) is 1. The first-order valence-corrected chi connectivity index (χ1v) is 8.17.